The Bertz CT molecular complexity index is 5870. The van der Waals surface area contributed by atoms with Crippen molar-refractivity contribution in [2.75, 3.05) is 0 Å². The van der Waals surface area contributed by atoms with Crippen LogP contribution in [-0.4, -0.2) is 61.0 Å². The topological polar surface area (TPSA) is 134 Å². The summed E-state index contributed by atoms with van der Waals surface area (Å²) >= 11 is 0. The highest BCUT2D eigenvalue weighted by Crippen LogP contribution is 2.42. The summed E-state index contributed by atoms with van der Waals surface area (Å²) in [5, 5.41) is 10.2. The number of fused-ring (bicyclic) bond motifs is 4. The molecule has 0 bridgehead atoms. The molecule has 2 aliphatic rings. The predicted octanol–water partition coefficient (Wildman–Crippen LogP) is 17.6. The average molecular weight is 1470 g/mol. The third-order valence-corrected chi connectivity index (χ3v) is 30.6. The van der Waals surface area contributed by atoms with Gasteiger partial charge in [0, 0.05) is 104 Å². The Balaban J connectivity index is 0.000000151. The molecule has 0 N–H and O–H groups in total. The maximum Gasteiger partial charge on any atom is 0.188 e. The van der Waals surface area contributed by atoms with Gasteiger partial charge < -0.3 is 9.47 Å². The number of nitrogens with zero attached hydrogens (tertiary/aromatic N) is 9. The van der Waals surface area contributed by atoms with Crippen molar-refractivity contribution in [2.24, 2.45) is 0 Å². The minimum absolute atomic E-state index is 0.545. The van der Waals surface area contributed by atoms with E-state index in [2.05, 4.69) is 254 Å². The van der Waals surface area contributed by atoms with E-state index in [0.717, 1.165) is 101 Å². The van der Waals surface area contributed by atoms with E-state index in [-0.39, 0.29) is 0 Å². The van der Waals surface area contributed by atoms with Crippen LogP contribution in [0.4, 0.5) is 0 Å². The molecule has 13 heteroatoms. The molecule has 0 saturated heterocycles. The van der Waals surface area contributed by atoms with Crippen LogP contribution < -0.4 is 51.0 Å². The SMILES string of the molecule is c1ccc(-c2nc(-c3ccccc3)nc(-c3cncc(-c4cccc(-c5cccc6c5Oc5ccccc5[Si]6(c5ccccc5)c5ccccc5)c4)c3)n2)cc1.c1ccc(-c2nc(-c3ccccc3)nc(-c3cncc(-c4cncc(-c5cccc6c5Oc5ccccc5[Si]6(c5ccccc5)c5ccccc5)c4)c3)n2)cc1. The van der Waals surface area contributed by atoms with E-state index in [9.17, 15) is 0 Å². The summed E-state index contributed by atoms with van der Waals surface area (Å²) in [7, 11) is -5.57. The first-order valence-electron chi connectivity index (χ1n) is 37.3. The van der Waals surface area contributed by atoms with Gasteiger partial charge in [0.1, 0.15) is 23.0 Å². The van der Waals surface area contributed by atoms with E-state index in [1.54, 1.807) is 6.20 Å². The summed E-state index contributed by atoms with van der Waals surface area (Å²) in [6, 6.07) is 129. The van der Waals surface area contributed by atoms with Crippen molar-refractivity contribution < 1.29 is 9.47 Å². The number of pyridine rings is 3. The van der Waals surface area contributed by atoms with E-state index < -0.39 is 16.1 Å². The number of benzene rings is 13. The summed E-state index contributed by atoms with van der Waals surface area (Å²) in [5.41, 5.74) is 13.1. The lowest BCUT2D eigenvalue weighted by Crippen LogP contribution is -2.76. The van der Waals surface area contributed by atoms with Crippen LogP contribution in [-0.2, 0) is 0 Å². The van der Waals surface area contributed by atoms with Gasteiger partial charge in [-0.3, -0.25) is 15.0 Å². The lowest BCUT2D eigenvalue weighted by atomic mass is 9.98. The minimum Gasteiger partial charge on any atom is -0.457 e. The van der Waals surface area contributed by atoms with Gasteiger partial charge >= 0.3 is 0 Å². The summed E-state index contributed by atoms with van der Waals surface area (Å²) in [6.45, 7) is 0. The predicted molar refractivity (Wildman–Crippen MR) is 455 cm³/mol. The lowest BCUT2D eigenvalue weighted by molar-refractivity contribution is 0.488. The summed E-state index contributed by atoms with van der Waals surface area (Å²) in [6.07, 6.45) is 11.2. The van der Waals surface area contributed by atoms with Crippen LogP contribution in [0.15, 0.2) is 407 Å². The Morgan fingerprint density at radius 1 is 0.179 bits per heavy atom. The molecule has 0 radical (unpaired) electrons. The van der Waals surface area contributed by atoms with E-state index in [1.165, 1.54) is 41.5 Å². The molecule has 20 rings (SSSR count). The molecule has 0 amide bonds. The Hall–Kier alpha value is -14.6. The molecule has 5 aromatic heterocycles. The molecule has 2 aliphatic heterocycles. The Kier molecular flexibility index (Phi) is 18.1. The highest BCUT2D eigenvalue weighted by molar-refractivity contribution is 7.21. The lowest BCUT2D eigenvalue weighted by Gasteiger charge is -2.40. The molecular weight excluding hydrogens is 1400 g/mol. The van der Waals surface area contributed by atoms with E-state index >= 15 is 0 Å². The molecule has 0 fully saturated rings. The molecule has 18 aromatic rings. The van der Waals surface area contributed by atoms with Crippen LogP contribution in [0.25, 0.3) is 113 Å². The maximum atomic E-state index is 6.98. The zero-order chi connectivity index (χ0) is 74.6. The van der Waals surface area contributed by atoms with Crippen molar-refractivity contribution >= 4 is 57.6 Å². The van der Waals surface area contributed by atoms with Crippen molar-refractivity contribution in [3.05, 3.63) is 407 Å². The fourth-order valence-corrected chi connectivity index (χ4v) is 25.8. The van der Waals surface area contributed by atoms with Gasteiger partial charge in [0.25, 0.3) is 0 Å². The molecule has 7 heterocycles. The third kappa shape index (κ3) is 12.6. The van der Waals surface area contributed by atoms with E-state index in [4.69, 9.17) is 49.3 Å². The van der Waals surface area contributed by atoms with Crippen LogP contribution in [0.1, 0.15) is 0 Å². The number of rotatable bonds is 14. The first-order chi connectivity index (χ1) is 55.5. The van der Waals surface area contributed by atoms with Crippen LogP contribution in [0.5, 0.6) is 23.0 Å². The van der Waals surface area contributed by atoms with Crippen LogP contribution in [0.2, 0.25) is 0 Å². The Morgan fingerprint density at radius 2 is 0.420 bits per heavy atom. The van der Waals surface area contributed by atoms with Gasteiger partial charge in [-0.2, -0.15) is 0 Å². The molecule has 0 unspecified atom stereocenters. The van der Waals surface area contributed by atoms with Crippen molar-refractivity contribution in [3.63, 3.8) is 0 Å². The second-order valence-corrected chi connectivity index (χ2v) is 35.0. The monoisotopic (exact) mass is 1470 g/mol. The van der Waals surface area contributed by atoms with Crippen molar-refractivity contribution in [1.29, 1.82) is 0 Å². The molecular formula is C99H67N9O2Si2. The molecule has 0 saturated carbocycles. The normalized spacial score (nSPS) is 12.6. The molecule has 0 atom stereocenters. The van der Waals surface area contributed by atoms with Crippen molar-refractivity contribution in [3.8, 4) is 136 Å². The van der Waals surface area contributed by atoms with Gasteiger partial charge in [-0.05, 0) is 89.0 Å². The number of ether oxygens (including phenoxy) is 2. The van der Waals surface area contributed by atoms with Crippen LogP contribution in [0.3, 0.4) is 0 Å². The van der Waals surface area contributed by atoms with Gasteiger partial charge in [0.15, 0.2) is 51.1 Å². The molecule has 11 nitrogen and oxygen atoms in total. The standard InChI is InChI=1S/C50H34N4OSi.C49H33N5OSi/c1-5-17-35(18-6-1)48-52-49(36-19-7-2-8-20-36)54-50(53-48)40-32-39(33-51-34-40)37-21-15-22-38(31-37)43-27-16-30-46-47(43)55-44-28-13-14-29-45(44)56(46,41-23-9-3-10-24-41)42-25-11-4-12-26-42;1-5-16-34(17-6-1)47-52-48(35-18-7-2-8-19-35)54-49(53-47)39-29-37(31-51-33-39)36-28-38(32-50-30-36)42-24-15-27-45-46(42)55-43-25-13-14-26-44(43)56(45,40-20-9-3-10-21-40)41-22-11-4-12-23-41/h1-34H;1-33H. The zero-order valence-electron chi connectivity index (χ0n) is 60.5. The number of hydrogen-bond donors (Lipinski definition) is 0. The first-order valence-corrected chi connectivity index (χ1v) is 41.3. The molecule has 112 heavy (non-hydrogen) atoms. The summed E-state index contributed by atoms with van der Waals surface area (Å²) in [4.78, 5) is 43.7. The second kappa shape index (κ2) is 29.8. The fraction of sp³-hybridized carbons (Fsp3) is 0. The van der Waals surface area contributed by atoms with Gasteiger partial charge in [-0.25, -0.2) is 29.9 Å². The fourth-order valence-electron chi connectivity index (χ4n) is 15.8. The molecule has 0 aliphatic carbocycles. The van der Waals surface area contributed by atoms with Crippen molar-refractivity contribution in [2.45, 2.75) is 0 Å². The van der Waals surface area contributed by atoms with Gasteiger partial charge in [0.05, 0.1) is 0 Å². The van der Waals surface area contributed by atoms with E-state index in [0.29, 0.717) is 34.9 Å². The highest BCUT2D eigenvalue weighted by Gasteiger charge is 2.50. The summed E-state index contributed by atoms with van der Waals surface area (Å²) < 4.78 is 13.9. The maximum absolute atomic E-state index is 6.98. The molecule has 0 spiro atoms. The van der Waals surface area contributed by atoms with Crippen molar-refractivity contribution in [1.82, 2.24) is 44.9 Å². The number of aromatic nitrogens is 9. The van der Waals surface area contributed by atoms with Gasteiger partial charge in [-0.1, -0.05) is 334 Å². The van der Waals surface area contributed by atoms with E-state index in [1.807, 2.05) is 152 Å². The zero-order valence-corrected chi connectivity index (χ0v) is 62.5. The second-order valence-electron chi connectivity index (χ2n) is 27.6. The Morgan fingerprint density at radius 3 is 0.786 bits per heavy atom. The number of hydrogen-bond acceptors (Lipinski definition) is 11. The van der Waals surface area contributed by atoms with Gasteiger partial charge in [0.2, 0.25) is 0 Å². The van der Waals surface area contributed by atoms with Crippen LogP contribution >= 0.6 is 0 Å². The minimum atomic E-state index is -2.80. The average Bonchev–Trinajstić information content (AvgIpc) is 0.708. The smallest absolute Gasteiger partial charge is 0.188 e. The first kappa shape index (κ1) is 67.9. The largest absolute Gasteiger partial charge is 0.457 e. The molecule has 528 valence electrons. The third-order valence-electron chi connectivity index (χ3n) is 21.0. The summed E-state index contributed by atoms with van der Waals surface area (Å²) in [5.74, 6) is 7.10. The quantitative estimate of drug-likeness (QED) is 0.0963. The highest BCUT2D eigenvalue weighted by atomic mass is 28.3. The number of para-hydroxylation sites is 4. The van der Waals surface area contributed by atoms with Crippen LogP contribution in [0, 0.1) is 0 Å². The Labute approximate surface area is 650 Å². The molecule has 13 aromatic carbocycles. The van der Waals surface area contributed by atoms with Gasteiger partial charge in [-0.15, -0.1) is 0 Å².